The van der Waals surface area contributed by atoms with Gasteiger partial charge >= 0.3 is 0 Å². The number of para-hydroxylation sites is 2. The first-order valence-electron chi connectivity index (χ1n) is 7.24. The summed E-state index contributed by atoms with van der Waals surface area (Å²) in [4.78, 5) is 7.85. The molecule has 0 unspecified atom stereocenters. The summed E-state index contributed by atoms with van der Waals surface area (Å²) in [5.74, 6) is 2.40. The topological polar surface area (TPSA) is 66.7 Å². The van der Waals surface area contributed by atoms with Crippen molar-refractivity contribution in [3.05, 3.63) is 24.3 Å². The van der Waals surface area contributed by atoms with E-state index < -0.39 is 0 Å². The van der Waals surface area contributed by atoms with Gasteiger partial charge in [-0.15, -0.1) is 24.8 Å². The van der Waals surface area contributed by atoms with E-state index in [1.165, 1.54) is 25.7 Å². The molecule has 0 bridgehead atoms. The van der Waals surface area contributed by atoms with Gasteiger partial charge in [-0.1, -0.05) is 12.1 Å². The smallest absolute Gasteiger partial charge is 0.201 e. The molecule has 1 aromatic heterocycles. The quantitative estimate of drug-likeness (QED) is 0.802. The lowest BCUT2D eigenvalue weighted by atomic mass is 9.82. The van der Waals surface area contributed by atoms with Crippen molar-refractivity contribution < 1.29 is 0 Å². The van der Waals surface area contributed by atoms with Crippen LogP contribution in [-0.2, 0) is 0 Å². The molecule has 0 spiro atoms. The van der Waals surface area contributed by atoms with Gasteiger partial charge in [0.05, 0.1) is 11.0 Å². The zero-order valence-electron chi connectivity index (χ0n) is 12.0. The Bertz CT molecular complexity index is 502. The van der Waals surface area contributed by atoms with Gasteiger partial charge in [-0.2, -0.15) is 0 Å². The zero-order valence-corrected chi connectivity index (χ0v) is 13.7. The number of aromatic amines is 1. The van der Waals surface area contributed by atoms with Crippen LogP contribution < -0.4 is 11.1 Å². The Balaban J connectivity index is 0.00000110. The van der Waals surface area contributed by atoms with E-state index in [0.29, 0.717) is 0 Å². The molecule has 0 saturated heterocycles. The highest BCUT2D eigenvalue weighted by molar-refractivity contribution is 5.85. The van der Waals surface area contributed by atoms with Crippen LogP contribution in [0.1, 0.15) is 25.7 Å². The maximum Gasteiger partial charge on any atom is 0.201 e. The predicted octanol–water partition coefficient (Wildman–Crippen LogP) is 3.58. The highest BCUT2D eigenvalue weighted by Crippen LogP contribution is 2.28. The van der Waals surface area contributed by atoms with Gasteiger partial charge in [0.15, 0.2) is 0 Å². The van der Waals surface area contributed by atoms with Crippen LogP contribution in [0.15, 0.2) is 24.3 Å². The predicted molar refractivity (Wildman–Crippen MR) is 93.6 cm³/mol. The van der Waals surface area contributed by atoms with Crippen molar-refractivity contribution >= 4 is 41.8 Å². The molecule has 1 heterocycles. The van der Waals surface area contributed by atoms with Crippen LogP contribution in [0.4, 0.5) is 5.95 Å². The summed E-state index contributed by atoms with van der Waals surface area (Å²) in [7, 11) is 0. The van der Waals surface area contributed by atoms with E-state index in [1.54, 1.807) is 0 Å². The van der Waals surface area contributed by atoms with E-state index in [0.717, 1.165) is 41.9 Å². The third-order valence-corrected chi connectivity index (χ3v) is 4.25. The summed E-state index contributed by atoms with van der Waals surface area (Å²) in [6.45, 7) is 1.86. The second-order valence-corrected chi connectivity index (χ2v) is 5.61. The summed E-state index contributed by atoms with van der Waals surface area (Å²) >= 11 is 0. The lowest BCUT2D eigenvalue weighted by molar-refractivity contribution is 0.289. The SMILES string of the molecule is Cl.Cl.NCC1CCC(CNc2nc3ccccc3[nH]2)CC1. The molecule has 1 saturated carbocycles. The average Bonchev–Trinajstić information content (AvgIpc) is 2.88. The first-order chi connectivity index (χ1) is 9.35. The number of nitrogens with zero attached hydrogens (tertiary/aromatic N) is 1. The van der Waals surface area contributed by atoms with Crippen molar-refractivity contribution in [1.82, 2.24) is 9.97 Å². The molecule has 3 rings (SSSR count). The van der Waals surface area contributed by atoms with E-state index in [2.05, 4.69) is 21.4 Å². The van der Waals surface area contributed by atoms with Crippen LogP contribution in [0.5, 0.6) is 0 Å². The Morgan fingerprint density at radius 3 is 2.43 bits per heavy atom. The maximum absolute atomic E-state index is 5.73. The number of benzene rings is 1. The largest absolute Gasteiger partial charge is 0.356 e. The van der Waals surface area contributed by atoms with Gasteiger partial charge in [0.25, 0.3) is 0 Å². The number of halogens is 2. The van der Waals surface area contributed by atoms with Gasteiger partial charge in [-0.05, 0) is 56.2 Å². The molecule has 1 aromatic carbocycles. The second-order valence-electron chi connectivity index (χ2n) is 5.61. The molecule has 0 radical (unpaired) electrons. The molecule has 1 aliphatic rings. The fraction of sp³-hybridized carbons (Fsp3) is 0.533. The Hall–Kier alpha value is -0.970. The lowest BCUT2D eigenvalue weighted by Crippen LogP contribution is -2.25. The molecule has 6 heteroatoms. The van der Waals surface area contributed by atoms with Crippen LogP contribution in [0.3, 0.4) is 0 Å². The number of nitrogens with two attached hydrogens (primary N) is 1. The van der Waals surface area contributed by atoms with Crippen LogP contribution >= 0.6 is 24.8 Å². The molecule has 21 heavy (non-hydrogen) atoms. The lowest BCUT2D eigenvalue weighted by Gasteiger charge is -2.27. The molecule has 1 fully saturated rings. The second kappa shape index (κ2) is 8.47. The number of aromatic nitrogens is 2. The fourth-order valence-electron chi connectivity index (χ4n) is 2.95. The summed E-state index contributed by atoms with van der Waals surface area (Å²) in [5, 5.41) is 3.44. The number of hydrogen-bond acceptors (Lipinski definition) is 3. The molecule has 0 atom stereocenters. The summed E-state index contributed by atoms with van der Waals surface area (Å²) < 4.78 is 0. The molecule has 4 nitrogen and oxygen atoms in total. The third-order valence-electron chi connectivity index (χ3n) is 4.25. The van der Waals surface area contributed by atoms with E-state index in [4.69, 9.17) is 5.73 Å². The number of anilines is 1. The number of hydrogen-bond donors (Lipinski definition) is 3. The van der Waals surface area contributed by atoms with Gasteiger partial charge in [-0.3, -0.25) is 0 Å². The summed E-state index contributed by atoms with van der Waals surface area (Å²) in [6.07, 6.45) is 5.14. The van der Waals surface area contributed by atoms with E-state index in [9.17, 15) is 0 Å². The van der Waals surface area contributed by atoms with Gasteiger partial charge in [0.2, 0.25) is 5.95 Å². The number of imidazole rings is 1. The molecular weight excluding hydrogens is 307 g/mol. The number of fused-ring (bicyclic) bond motifs is 1. The van der Waals surface area contributed by atoms with Crippen molar-refractivity contribution in [1.29, 1.82) is 0 Å². The summed E-state index contributed by atoms with van der Waals surface area (Å²) in [6, 6.07) is 8.13. The molecule has 2 aromatic rings. The zero-order chi connectivity index (χ0) is 13.1. The highest BCUT2D eigenvalue weighted by atomic mass is 35.5. The maximum atomic E-state index is 5.73. The van der Waals surface area contributed by atoms with Gasteiger partial charge < -0.3 is 16.0 Å². The minimum atomic E-state index is 0. The molecule has 0 amide bonds. The Morgan fingerprint density at radius 2 is 1.76 bits per heavy atom. The average molecular weight is 331 g/mol. The van der Waals surface area contributed by atoms with Crippen LogP contribution in [0.2, 0.25) is 0 Å². The molecular formula is C15H24Cl2N4. The van der Waals surface area contributed by atoms with Gasteiger partial charge in [0, 0.05) is 6.54 Å². The minimum Gasteiger partial charge on any atom is -0.356 e. The first kappa shape index (κ1) is 18.1. The Kier molecular flexibility index (Phi) is 7.29. The van der Waals surface area contributed by atoms with Crippen LogP contribution in [-0.4, -0.2) is 23.1 Å². The minimum absolute atomic E-state index is 0. The van der Waals surface area contributed by atoms with Gasteiger partial charge in [-0.25, -0.2) is 4.98 Å². The monoisotopic (exact) mass is 330 g/mol. The fourth-order valence-corrected chi connectivity index (χ4v) is 2.95. The Morgan fingerprint density at radius 1 is 1.10 bits per heavy atom. The highest BCUT2D eigenvalue weighted by Gasteiger charge is 2.20. The van der Waals surface area contributed by atoms with Crippen LogP contribution in [0, 0.1) is 11.8 Å². The number of nitrogens with one attached hydrogen (secondary N) is 2. The van der Waals surface area contributed by atoms with Crippen molar-refractivity contribution in [2.24, 2.45) is 17.6 Å². The van der Waals surface area contributed by atoms with Crippen molar-refractivity contribution in [3.8, 4) is 0 Å². The molecule has 1 aliphatic carbocycles. The molecule has 118 valence electrons. The van der Waals surface area contributed by atoms with Crippen LogP contribution in [0.25, 0.3) is 11.0 Å². The Labute approximate surface area is 138 Å². The van der Waals surface area contributed by atoms with Crippen molar-refractivity contribution in [3.63, 3.8) is 0 Å². The normalized spacial score (nSPS) is 21.4. The molecule has 0 aliphatic heterocycles. The summed E-state index contributed by atoms with van der Waals surface area (Å²) in [5.41, 5.74) is 7.85. The number of rotatable bonds is 4. The third kappa shape index (κ3) is 4.50. The number of H-pyrrole nitrogens is 1. The van der Waals surface area contributed by atoms with Gasteiger partial charge in [0.1, 0.15) is 0 Å². The standard InChI is InChI=1S/C15H22N4.2ClH/c16-9-11-5-7-12(8-6-11)10-17-15-18-13-3-1-2-4-14(13)19-15;;/h1-4,11-12H,5-10,16H2,(H2,17,18,19);2*1H. The first-order valence-corrected chi connectivity index (χ1v) is 7.24. The van der Waals surface area contributed by atoms with E-state index in [1.807, 2.05) is 18.2 Å². The van der Waals surface area contributed by atoms with Crippen molar-refractivity contribution in [2.75, 3.05) is 18.4 Å². The van der Waals surface area contributed by atoms with E-state index in [-0.39, 0.29) is 24.8 Å². The van der Waals surface area contributed by atoms with E-state index >= 15 is 0 Å². The molecule has 4 N–H and O–H groups in total. The van der Waals surface area contributed by atoms with Crippen molar-refractivity contribution in [2.45, 2.75) is 25.7 Å².